The highest BCUT2D eigenvalue weighted by molar-refractivity contribution is 6.11. The molecule has 5 rings (SSSR count). The molecule has 1 aliphatic rings. The third-order valence-electron chi connectivity index (χ3n) is 7.74. The van der Waals surface area contributed by atoms with Gasteiger partial charge in [-0.2, -0.15) is 0 Å². The molecule has 2 aromatic heterocycles. The second kappa shape index (κ2) is 9.88. The molecule has 37 heavy (non-hydrogen) atoms. The second-order valence-electron chi connectivity index (χ2n) is 10.2. The maximum Gasteiger partial charge on any atom is 0.340 e. The summed E-state index contributed by atoms with van der Waals surface area (Å²) in [6.07, 6.45) is 2.50. The first-order chi connectivity index (χ1) is 17.7. The molecule has 1 amide bonds. The average Bonchev–Trinajstić information content (AvgIpc) is 3.23. The maximum atomic E-state index is 12.9. The number of carboxylic acids is 1. The molecule has 0 bridgehead atoms. The Hall–Kier alpha value is -3.87. The van der Waals surface area contributed by atoms with Crippen molar-refractivity contribution < 1.29 is 23.5 Å². The van der Waals surface area contributed by atoms with Crippen molar-refractivity contribution in [1.82, 2.24) is 5.32 Å². The van der Waals surface area contributed by atoms with Crippen molar-refractivity contribution in [3.63, 3.8) is 0 Å². The summed E-state index contributed by atoms with van der Waals surface area (Å²) in [5, 5.41) is 15.6. The van der Waals surface area contributed by atoms with Crippen LogP contribution in [-0.2, 0) is 16.0 Å². The van der Waals surface area contributed by atoms with Crippen LogP contribution in [0.15, 0.2) is 50.0 Å². The number of benzene rings is 2. The Balaban J connectivity index is 1.44. The van der Waals surface area contributed by atoms with Gasteiger partial charge in [0.25, 0.3) is 0 Å². The van der Waals surface area contributed by atoms with Crippen LogP contribution < -0.4 is 16.0 Å². The molecule has 1 fully saturated rings. The molecule has 7 heteroatoms. The molecule has 1 N–H and O–H groups in total. The number of carbonyl (C=O) groups is 2. The molecule has 1 aliphatic carbocycles. The van der Waals surface area contributed by atoms with Crippen LogP contribution in [0.1, 0.15) is 48.1 Å². The van der Waals surface area contributed by atoms with Gasteiger partial charge >= 0.3 is 5.63 Å². The van der Waals surface area contributed by atoms with Crippen molar-refractivity contribution in [2.75, 3.05) is 6.54 Å². The summed E-state index contributed by atoms with van der Waals surface area (Å²) in [7, 11) is 0. The minimum Gasteiger partial charge on any atom is -0.550 e. The lowest BCUT2D eigenvalue weighted by Gasteiger charge is -2.29. The molecule has 4 aromatic rings. The monoisotopic (exact) mass is 500 g/mol. The van der Waals surface area contributed by atoms with Crippen LogP contribution in [-0.4, -0.2) is 18.4 Å². The smallest absolute Gasteiger partial charge is 0.340 e. The second-order valence-corrected chi connectivity index (χ2v) is 10.2. The molecule has 7 nitrogen and oxygen atoms in total. The maximum absolute atomic E-state index is 12.9. The summed E-state index contributed by atoms with van der Waals surface area (Å²) < 4.78 is 12.0. The molecule has 0 saturated heterocycles. The fourth-order valence-corrected chi connectivity index (χ4v) is 5.69. The van der Waals surface area contributed by atoms with Crippen LogP contribution in [0.3, 0.4) is 0 Å². The largest absolute Gasteiger partial charge is 0.550 e. The summed E-state index contributed by atoms with van der Waals surface area (Å²) in [6.45, 7) is 6.19. The first kappa shape index (κ1) is 24.8. The van der Waals surface area contributed by atoms with Crippen LogP contribution in [0.5, 0.6) is 0 Å². The van der Waals surface area contributed by atoms with Gasteiger partial charge in [0, 0.05) is 23.5 Å². The molecule has 0 atom stereocenters. The van der Waals surface area contributed by atoms with Gasteiger partial charge < -0.3 is 24.1 Å². The van der Waals surface area contributed by atoms with Crippen molar-refractivity contribution in [2.45, 2.75) is 52.9 Å². The zero-order valence-corrected chi connectivity index (χ0v) is 21.3. The first-order valence-corrected chi connectivity index (χ1v) is 12.8. The number of amides is 1. The molecule has 0 aliphatic heterocycles. The van der Waals surface area contributed by atoms with Crippen molar-refractivity contribution in [2.24, 2.45) is 11.8 Å². The molecule has 0 unspecified atom stereocenters. The predicted molar refractivity (Wildman–Crippen MR) is 139 cm³/mol. The number of nitrogens with one attached hydrogen (secondary N) is 1. The summed E-state index contributed by atoms with van der Waals surface area (Å²) >= 11 is 0. The van der Waals surface area contributed by atoms with E-state index in [0.29, 0.717) is 47.1 Å². The Morgan fingerprint density at radius 2 is 1.70 bits per heavy atom. The highest BCUT2D eigenvalue weighted by atomic mass is 16.4. The number of carboxylic acid groups (broad SMARTS) is 1. The quantitative estimate of drug-likeness (QED) is 0.394. The van der Waals surface area contributed by atoms with Gasteiger partial charge in [-0.15, -0.1) is 0 Å². The van der Waals surface area contributed by atoms with Crippen molar-refractivity contribution in [1.29, 1.82) is 0 Å². The number of furan rings is 1. The number of fused-ring (bicyclic) bond motifs is 3. The Labute approximate surface area is 214 Å². The Bertz CT molecular complexity index is 1550. The lowest BCUT2D eigenvalue weighted by atomic mass is 9.82. The van der Waals surface area contributed by atoms with Crippen LogP contribution >= 0.6 is 0 Å². The standard InChI is InChI=1S/C30H31NO6/c1-16-13-23-26(28-25(16)27(18(3)36-28)20-7-5-4-6-8-20)17(2)22(30(35)37-23)14-24(32)31-15-19-9-11-21(12-10-19)29(33)34/h4-8,13,19,21H,9-12,14-15H2,1-3H3,(H,31,32)(H,33,34)/p-1. The zero-order chi connectivity index (χ0) is 26.3. The normalized spacial score (nSPS) is 17.8. The van der Waals surface area contributed by atoms with Gasteiger partial charge in [-0.3, -0.25) is 4.79 Å². The lowest BCUT2D eigenvalue weighted by Crippen LogP contribution is -2.37. The highest BCUT2D eigenvalue weighted by Gasteiger charge is 2.24. The third kappa shape index (κ3) is 4.66. The summed E-state index contributed by atoms with van der Waals surface area (Å²) in [5.41, 5.74) is 4.55. The van der Waals surface area contributed by atoms with Gasteiger partial charge in [0.05, 0.1) is 17.4 Å². The molecule has 192 valence electrons. The van der Waals surface area contributed by atoms with Crippen LogP contribution in [0.4, 0.5) is 0 Å². The number of aryl methyl sites for hydroxylation is 3. The van der Waals surface area contributed by atoms with E-state index in [4.69, 9.17) is 8.83 Å². The van der Waals surface area contributed by atoms with E-state index in [1.807, 2.05) is 57.2 Å². The van der Waals surface area contributed by atoms with Crippen LogP contribution in [0.2, 0.25) is 0 Å². The van der Waals surface area contributed by atoms with E-state index in [0.717, 1.165) is 40.7 Å². The molecule has 0 radical (unpaired) electrons. The highest BCUT2D eigenvalue weighted by Crippen LogP contribution is 2.41. The Kier molecular flexibility index (Phi) is 6.63. The molecule has 1 saturated carbocycles. The summed E-state index contributed by atoms with van der Waals surface area (Å²) in [4.78, 5) is 36.8. The van der Waals surface area contributed by atoms with Crippen molar-refractivity contribution in [3.8, 4) is 11.1 Å². The van der Waals surface area contributed by atoms with Gasteiger partial charge in [0.15, 0.2) is 0 Å². The fraction of sp³-hybridized carbons (Fsp3) is 0.367. The van der Waals surface area contributed by atoms with Gasteiger partial charge in [-0.1, -0.05) is 30.3 Å². The van der Waals surface area contributed by atoms with E-state index in [2.05, 4.69) is 5.32 Å². The zero-order valence-electron chi connectivity index (χ0n) is 21.3. The Morgan fingerprint density at radius 3 is 2.38 bits per heavy atom. The van der Waals surface area contributed by atoms with Gasteiger partial charge in [0.1, 0.15) is 16.9 Å². The SMILES string of the molecule is Cc1oc2c(c(C)cc3oc(=O)c(CC(=O)NCC4CCC(C(=O)[O-])CC4)c(C)c32)c1-c1ccccc1. The van der Waals surface area contributed by atoms with Crippen molar-refractivity contribution >= 4 is 33.8 Å². The predicted octanol–water partition coefficient (Wildman–Crippen LogP) is 4.35. The third-order valence-corrected chi connectivity index (χ3v) is 7.74. The average molecular weight is 501 g/mol. The van der Waals surface area contributed by atoms with Crippen molar-refractivity contribution in [3.05, 3.63) is 69.3 Å². The minimum absolute atomic E-state index is 0.0981. The molecule has 0 spiro atoms. The van der Waals surface area contributed by atoms with E-state index in [-0.39, 0.29) is 18.2 Å². The van der Waals surface area contributed by atoms with E-state index in [1.165, 1.54) is 0 Å². The topological polar surface area (TPSA) is 113 Å². The van der Waals surface area contributed by atoms with Gasteiger partial charge in [0.2, 0.25) is 5.91 Å². The number of rotatable bonds is 6. The van der Waals surface area contributed by atoms with E-state index >= 15 is 0 Å². The number of carbonyl (C=O) groups excluding carboxylic acids is 2. The van der Waals surface area contributed by atoms with Gasteiger partial charge in [-0.25, -0.2) is 4.79 Å². The molecular formula is C30H30NO6-. The van der Waals surface area contributed by atoms with E-state index in [1.54, 1.807) is 0 Å². The molecular weight excluding hydrogens is 470 g/mol. The van der Waals surface area contributed by atoms with Gasteiger partial charge in [-0.05, 0) is 81.0 Å². The van der Waals surface area contributed by atoms with Crippen LogP contribution in [0.25, 0.3) is 33.1 Å². The summed E-state index contributed by atoms with van der Waals surface area (Å²) in [6, 6.07) is 11.9. The van der Waals surface area contributed by atoms with E-state index in [9.17, 15) is 19.5 Å². The fourth-order valence-electron chi connectivity index (χ4n) is 5.69. The number of hydrogen-bond acceptors (Lipinski definition) is 6. The Morgan fingerprint density at radius 1 is 1.00 bits per heavy atom. The van der Waals surface area contributed by atoms with E-state index < -0.39 is 17.5 Å². The number of aliphatic carboxylic acids is 1. The molecule has 2 aromatic carbocycles. The first-order valence-electron chi connectivity index (χ1n) is 12.8. The van der Waals surface area contributed by atoms with Crippen LogP contribution in [0, 0.1) is 32.6 Å². The lowest BCUT2D eigenvalue weighted by molar-refractivity contribution is -0.312. The number of hydrogen-bond donors (Lipinski definition) is 1. The minimum atomic E-state index is -0.993. The summed E-state index contributed by atoms with van der Waals surface area (Å²) in [5.74, 6) is -0.660. The molecule has 2 heterocycles.